The largest absolute Gasteiger partial charge is 0.340 e. The fourth-order valence-electron chi connectivity index (χ4n) is 2.35. The summed E-state index contributed by atoms with van der Waals surface area (Å²) in [5.41, 5.74) is 2.49. The third-order valence-electron chi connectivity index (χ3n) is 3.74. The van der Waals surface area contributed by atoms with E-state index >= 15 is 0 Å². The number of carbonyl (C=O) groups is 1. The van der Waals surface area contributed by atoms with Gasteiger partial charge in [-0.3, -0.25) is 9.69 Å². The lowest BCUT2D eigenvalue weighted by Crippen LogP contribution is -2.35. The quantitative estimate of drug-likeness (QED) is 0.703. The van der Waals surface area contributed by atoms with Gasteiger partial charge in [0.25, 0.3) is 0 Å². The monoisotopic (exact) mass is 394 g/mol. The van der Waals surface area contributed by atoms with Gasteiger partial charge in [0.2, 0.25) is 5.91 Å². The Labute approximate surface area is 151 Å². The number of hydrogen-bond donors (Lipinski definition) is 0. The van der Waals surface area contributed by atoms with E-state index in [0.717, 1.165) is 16.8 Å². The Morgan fingerprint density at radius 2 is 1.70 bits per heavy atom. The summed E-state index contributed by atoms with van der Waals surface area (Å²) in [4.78, 5) is 17.5. The summed E-state index contributed by atoms with van der Waals surface area (Å²) < 4.78 is 1.12. The van der Waals surface area contributed by atoms with Crippen LogP contribution in [-0.4, -0.2) is 36.3 Å². The highest BCUT2D eigenvalue weighted by molar-refractivity contribution is 9.11. The van der Waals surface area contributed by atoms with Crippen LogP contribution in [0.5, 0.6) is 0 Å². The third-order valence-corrected chi connectivity index (χ3v) is 5.34. The van der Waals surface area contributed by atoms with Gasteiger partial charge in [-0.25, -0.2) is 0 Å². The van der Waals surface area contributed by atoms with Crippen LogP contribution in [0.25, 0.3) is 0 Å². The van der Waals surface area contributed by atoms with Crippen LogP contribution >= 0.6 is 27.3 Å². The number of rotatable bonds is 7. The average molecular weight is 395 g/mol. The Hall–Kier alpha value is -1.17. The van der Waals surface area contributed by atoms with Crippen LogP contribution in [0, 0.1) is 0 Å². The Kier molecular flexibility index (Phi) is 6.81. The maximum Gasteiger partial charge on any atom is 0.236 e. The van der Waals surface area contributed by atoms with Crippen LogP contribution in [0.1, 0.15) is 22.9 Å². The Balaban J connectivity index is 1.83. The van der Waals surface area contributed by atoms with Gasteiger partial charge in [0.05, 0.1) is 10.3 Å². The minimum Gasteiger partial charge on any atom is -0.340 e. The molecular formula is C18H23BrN2OS. The molecule has 23 heavy (non-hydrogen) atoms. The number of nitrogens with zero attached hydrogens (tertiary/aromatic N) is 2. The highest BCUT2D eigenvalue weighted by Gasteiger charge is 2.13. The van der Waals surface area contributed by atoms with Crippen LogP contribution in [0.2, 0.25) is 0 Å². The molecule has 2 aromatic rings. The lowest BCUT2D eigenvalue weighted by Gasteiger charge is -2.21. The summed E-state index contributed by atoms with van der Waals surface area (Å²) in [5, 5.41) is 0. The summed E-state index contributed by atoms with van der Waals surface area (Å²) in [7, 11) is 3.85. The second kappa shape index (κ2) is 8.62. The van der Waals surface area contributed by atoms with Crippen molar-refractivity contribution in [2.45, 2.75) is 26.4 Å². The van der Waals surface area contributed by atoms with E-state index in [4.69, 9.17) is 0 Å². The van der Waals surface area contributed by atoms with Gasteiger partial charge in [0, 0.05) is 25.0 Å². The molecule has 0 fully saturated rings. The maximum atomic E-state index is 12.4. The van der Waals surface area contributed by atoms with E-state index in [-0.39, 0.29) is 5.91 Å². The molecule has 2 rings (SSSR count). The molecule has 0 N–H and O–H groups in total. The van der Waals surface area contributed by atoms with E-state index in [1.807, 2.05) is 20.2 Å². The van der Waals surface area contributed by atoms with Crippen LogP contribution in [0.4, 0.5) is 0 Å². The molecule has 124 valence electrons. The molecule has 1 heterocycles. The number of carbonyl (C=O) groups excluding carboxylic acids is 1. The van der Waals surface area contributed by atoms with Crippen molar-refractivity contribution in [2.24, 2.45) is 0 Å². The van der Waals surface area contributed by atoms with E-state index in [1.54, 1.807) is 16.2 Å². The van der Waals surface area contributed by atoms with Gasteiger partial charge in [-0.1, -0.05) is 31.2 Å². The van der Waals surface area contributed by atoms with Crippen molar-refractivity contribution in [1.82, 2.24) is 9.80 Å². The normalized spacial score (nSPS) is 11.0. The molecule has 0 bridgehead atoms. The molecule has 1 aromatic heterocycles. The maximum absolute atomic E-state index is 12.4. The molecule has 1 aromatic carbocycles. The number of thiophene rings is 1. The topological polar surface area (TPSA) is 23.6 Å². The zero-order chi connectivity index (χ0) is 16.8. The van der Waals surface area contributed by atoms with E-state index < -0.39 is 0 Å². The van der Waals surface area contributed by atoms with Crippen molar-refractivity contribution in [3.63, 3.8) is 0 Å². The van der Waals surface area contributed by atoms with Crippen LogP contribution in [0.3, 0.4) is 0 Å². The first-order valence-corrected chi connectivity index (χ1v) is 9.33. The number of amides is 1. The molecule has 0 spiro atoms. The van der Waals surface area contributed by atoms with Crippen LogP contribution < -0.4 is 0 Å². The van der Waals surface area contributed by atoms with Crippen molar-refractivity contribution in [1.29, 1.82) is 0 Å². The molecule has 5 heteroatoms. The Morgan fingerprint density at radius 1 is 1.04 bits per heavy atom. The van der Waals surface area contributed by atoms with E-state index in [1.165, 1.54) is 16.0 Å². The predicted octanol–water partition coefficient (Wildman–Crippen LogP) is 4.16. The van der Waals surface area contributed by atoms with Crippen molar-refractivity contribution >= 4 is 33.2 Å². The number of likely N-dealkylation sites (N-methyl/N-ethyl adjacent to an activating group) is 2. The standard InChI is InChI=1S/C18H23BrN2OS/c1-4-14-5-7-15(8-6-14)11-21(3)18(22)13-20(2)12-16-9-10-17(19)23-16/h5-10H,4,11-13H2,1-3H3. The SMILES string of the molecule is CCc1ccc(CN(C)C(=O)CN(C)Cc2ccc(Br)s2)cc1. The molecule has 0 saturated heterocycles. The zero-order valence-corrected chi connectivity index (χ0v) is 16.3. The van der Waals surface area contributed by atoms with Crippen LogP contribution in [0.15, 0.2) is 40.2 Å². The number of aryl methyl sites for hydroxylation is 1. The van der Waals surface area contributed by atoms with Gasteiger partial charge < -0.3 is 4.90 Å². The molecule has 1 amide bonds. The smallest absolute Gasteiger partial charge is 0.236 e. The van der Waals surface area contributed by atoms with E-state index in [0.29, 0.717) is 13.1 Å². The van der Waals surface area contributed by atoms with Gasteiger partial charge in [-0.2, -0.15) is 0 Å². The van der Waals surface area contributed by atoms with Gasteiger partial charge in [0.15, 0.2) is 0 Å². The molecule has 0 aliphatic rings. The molecule has 0 aliphatic carbocycles. The third kappa shape index (κ3) is 5.75. The second-order valence-electron chi connectivity index (χ2n) is 5.80. The van der Waals surface area contributed by atoms with Gasteiger partial charge in [-0.15, -0.1) is 11.3 Å². The molecule has 0 saturated carbocycles. The lowest BCUT2D eigenvalue weighted by atomic mass is 10.1. The van der Waals surface area contributed by atoms with Gasteiger partial charge >= 0.3 is 0 Å². The first-order chi connectivity index (χ1) is 11.0. The Morgan fingerprint density at radius 3 is 2.26 bits per heavy atom. The summed E-state index contributed by atoms with van der Waals surface area (Å²) in [6.07, 6.45) is 1.04. The van der Waals surface area contributed by atoms with Crippen LogP contribution in [-0.2, 0) is 24.3 Å². The fraction of sp³-hybridized carbons (Fsp3) is 0.389. The summed E-state index contributed by atoms with van der Waals surface area (Å²) in [5.74, 6) is 0.141. The first-order valence-electron chi connectivity index (χ1n) is 7.72. The highest BCUT2D eigenvalue weighted by atomic mass is 79.9. The molecule has 3 nitrogen and oxygen atoms in total. The number of benzene rings is 1. The second-order valence-corrected chi connectivity index (χ2v) is 8.35. The number of halogens is 1. The molecule has 0 unspecified atom stereocenters. The summed E-state index contributed by atoms with van der Waals surface area (Å²) in [6, 6.07) is 12.6. The Bertz CT molecular complexity index is 639. The first kappa shape index (κ1) is 18.2. The summed E-state index contributed by atoms with van der Waals surface area (Å²) in [6.45, 7) is 4.02. The van der Waals surface area contributed by atoms with Crippen molar-refractivity contribution in [2.75, 3.05) is 20.6 Å². The van der Waals surface area contributed by atoms with Gasteiger partial charge in [-0.05, 0) is 52.7 Å². The summed E-state index contributed by atoms with van der Waals surface area (Å²) >= 11 is 5.18. The molecule has 0 radical (unpaired) electrons. The number of hydrogen-bond acceptors (Lipinski definition) is 3. The van der Waals surface area contributed by atoms with E-state index in [9.17, 15) is 4.79 Å². The molecular weight excluding hydrogens is 372 g/mol. The molecule has 0 aliphatic heterocycles. The predicted molar refractivity (Wildman–Crippen MR) is 101 cm³/mol. The minimum absolute atomic E-state index is 0.141. The zero-order valence-electron chi connectivity index (χ0n) is 13.9. The highest BCUT2D eigenvalue weighted by Crippen LogP contribution is 2.22. The average Bonchev–Trinajstić information content (AvgIpc) is 2.92. The lowest BCUT2D eigenvalue weighted by molar-refractivity contribution is -0.131. The van der Waals surface area contributed by atoms with Crippen molar-refractivity contribution in [3.05, 3.63) is 56.2 Å². The van der Waals surface area contributed by atoms with Crippen molar-refractivity contribution in [3.8, 4) is 0 Å². The minimum atomic E-state index is 0.141. The van der Waals surface area contributed by atoms with E-state index in [2.05, 4.69) is 58.1 Å². The fourth-order valence-corrected chi connectivity index (χ4v) is 3.92. The van der Waals surface area contributed by atoms with Gasteiger partial charge in [0.1, 0.15) is 0 Å². The molecule has 0 atom stereocenters. The van der Waals surface area contributed by atoms with Crippen molar-refractivity contribution < 1.29 is 4.79 Å².